The number of H-pyrrole nitrogens is 1. The normalized spacial score (nSPS) is 11.1. The predicted octanol–water partition coefficient (Wildman–Crippen LogP) is 5.37. The van der Waals surface area contributed by atoms with E-state index in [1.165, 1.54) is 11.3 Å². The molecule has 5 aromatic rings. The van der Waals surface area contributed by atoms with Crippen LogP contribution in [0.15, 0.2) is 84.9 Å². The molecule has 3 aromatic heterocycles. The van der Waals surface area contributed by atoms with Gasteiger partial charge in [0.25, 0.3) is 0 Å². The fourth-order valence-corrected chi connectivity index (χ4v) is 4.24. The molecule has 0 atom stereocenters. The van der Waals surface area contributed by atoms with Gasteiger partial charge in [-0.05, 0) is 27.8 Å². The van der Waals surface area contributed by atoms with Crippen LogP contribution in [0.5, 0.6) is 0 Å². The third-order valence-corrected chi connectivity index (χ3v) is 5.72. The van der Waals surface area contributed by atoms with Crippen LogP contribution < -0.4 is 0 Å². The zero-order chi connectivity index (χ0) is 18.9. The van der Waals surface area contributed by atoms with Crippen LogP contribution in [-0.2, 0) is 6.54 Å². The van der Waals surface area contributed by atoms with E-state index in [9.17, 15) is 4.79 Å². The van der Waals surface area contributed by atoms with Gasteiger partial charge in [0.1, 0.15) is 0 Å². The summed E-state index contributed by atoms with van der Waals surface area (Å²) in [6.07, 6.45) is 7.53. The number of nitrogens with zero attached hydrogens (tertiary/aromatic N) is 2. The van der Waals surface area contributed by atoms with Gasteiger partial charge in [0.2, 0.25) is 5.78 Å². The van der Waals surface area contributed by atoms with Crippen molar-refractivity contribution in [1.29, 1.82) is 0 Å². The molecule has 2 aromatic carbocycles. The second-order valence-electron chi connectivity index (χ2n) is 6.65. The average Bonchev–Trinajstić information content (AvgIpc) is 3.49. The molecule has 0 spiro atoms. The Hall–Kier alpha value is -3.44. The van der Waals surface area contributed by atoms with Crippen molar-refractivity contribution in [2.45, 2.75) is 6.54 Å². The number of hydrogen-bond acceptors (Lipinski definition) is 3. The minimum Gasteiger partial charge on any atom is -0.351 e. The first kappa shape index (κ1) is 16.7. The number of thiophene rings is 1. The second-order valence-corrected chi connectivity index (χ2v) is 7.60. The Morgan fingerprint density at radius 2 is 1.89 bits per heavy atom. The highest BCUT2D eigenvalue weighted by Crippen LogP contribution is 2.33. The first-order chi connectivity index (χ1) is 13.8. The number of aromatic nitrogens is 3. The SMILES string of the molecule is O=C(c1cccs1)c1cn(Cc2c[nH]cn2)cc1-c1cccc2ccccc12. The van der Waals surface area contributed by atoms with Crippen molar-refractivity contribution in [1.82, 2.24) is 14.5 Å². The molecule has 1 N–H and O–H groups in total. The maximum Gasteiger partial charge on any atom is 0.205 e. The molecule has 0 saturated carbocycles. The molecule has 5 heteroatoms. The van der Waals surface area contributed by atoms with E-state index < -0.39 is 0 Å². The first-order valence-corrected chi connectivity index (χ1v) is 9.91. The van der Waals surface area contributed by atoms with Crippen molar-refractivity contribution in [2.24, 2.45) is 0 Å². The number of carbonyl (C=O) groups excluding carboxylic acids is 1. The average molecular weight is 383 g/mol. The number of ketones is 1. The molecule has 3 heterocycles. The highest BCUT2D eigenvalue weighted by atomic mass is 32.1. The lowest BCUT2D eigenvalue weighted by molar-refractivity contribution is 0.104. The molecule has 5 rings (SSSR count). The summed E-state index contributed by atoms with van der Waals surface area (Å²) in [4.78, 5) is 21.3. The van der Waals surface area contributed by atoms with Gasteiger partial charge in [-0.25, -0.2) is 4.98 Å². The fourth-order valence-electron chi connectivity index (χ4n) is 3.56. The van der Waals surface area contributed by atoms with Crippen molar-refractivity contribution in [3.63, 3.8) is 0 Å². The van der Waals surface area contributed by atoms with E-state index in [-0.39, 0.29) is 5.78 Å². The monoisotopic (exact) mass is 383 g/mol. The largest absolute Gasteiger partial charge is 0.351 e. The van der Waals surface area contributed by atoms with Gasteiger partial charge in [-0.15, -0.1) is 11.3 Å². The number of nitrogens with one attached hydrogen (secondary N) is 1. The molecule has 4 nitrogen and oxygen atoms in total. The Labute approximate surface area is 166 Å². The minimum atomic E-state index is 0.0544. The van der Waals surface area contributed by atoms with Crippen LogP contribution in [-0.4, -0.2) is 20.3 Å². The molecule has 0 fully saturated rings. The zero-order valence-corrected chi connectivity index (χ0v) is 15.8. The van der Waals surface area contributed by atoms with E-state index in [2.05, 4.69) is 40.4 Å². The molecule has 0 unspecified atom stereocenters. The quantitative estimate of drug-likeness (QED) is 0.415. The molecular formula is C23H17N3OS. The number of aromatic amines is 1. The maximum absolute atomic E-state index is 13.2. The Kier molecular flexibility index (Phi) is 4.14. The molecule has 0 amide bonds. The number of rotatable bonds is 5. The molecule has 0 aliphatic heterocycles. The van der Waals surface area contributed by atoms with Crippen LogP contribution in [0.25, 0.3) is 21.9 Å². The topological polar surface area (TPSA) is 50.7 Å². The van der Waals surface area contributed by atoms with Crippen molar-refractivity contribution < 1.29 is 4.79 Å². The fraction of sp³-hybridized carbons (Fsp3) is 0.0435. The zero-order valence-electron chi connectivity index (χ0n) is 15.0. The minimum absolute atomic E-state index is 0.0544. The summed E-state index contributed by atoms with van der Waals surface area (Å²) in [5, 5.41) is 4.24. The van der Waals surface area contributed by atoms with Crippen LogP contribution in [0, 0.1) is 0 Å². The van der Waals surface area contributed by atoms with Gasteiger partial charge in [-0.2, -0.15) is 0 Å². The Balaban J connectivity index is 1.68. The number of imidazole rings is 1. The van der Waals surface area contributed by atoms with E-state index in [1.807, 2.05) is 52.7 Å². The van der Waals surface area contributed by atoms with Crippen LogP contribution in [0.3, 0.4) is 0 Å². The molecule has 0 aliphatic rings. The number of hydrogen-bond donors (Lipinski definition) is 1. The lowest BCUT2D eigenvalue weighted by atomic mass is 9.96. The second kappa shape index (κ2) is 6.94. The molecule has 0 aliphatic carbocycles. The van der Waals surface area contributed by atoms with E-state index >= 15 is 0 Å². The van der Waals surface area contributed by atoms with Gasteiger partial charge in [0, 0.05) is 29.7 Å². The summed E-state index contributed by atoms with van der Waals surface area (Å²) in [5.74, 6) is 0.0544. The van der Waals surface area contributed by atoms with Crippen LogP contribution >= 0.6 is 11.3 Å². The summed E-state index contributed by atoms with van der Waals surface area (Å²) >= 11 is 1.47. The molecule has 28 heavy (non-hydrogen) atoms. The van der Waals surface area contributed by atoms with Gasteiger partial charge in [-0.3, -0.25) is 4.79 Å². The third-order valence-electron chi connectivity index (χ3n) is 4.85. The lowest BCUT2D eigenvalue weighted by Crippen LogP contribution is -2.00. The number of carbonyl (C=O) groups is 1. The smallest absolute Gasteiger partial charge is 0.205 e. The van der Waals surface area contributed by atoms with E-state index in [0.717, 1.165) is 32.5 Å². The molecule has 0 saturated heterocycles. The maximum atomic E-state index is 13.2. The standard InChI is InChI=1S/C23H17N3OS/c27-23(22-9-4-10-28-22)21-14-26(12-17-11-24-15-25-17)13-20(21)19-8-3-6-16-5-1-2-7-18(16)19/h1-11,13-15H,12H2,(H,24,25). The van der Waals surface area contributed by atoms with Crippen molar-refractivity contribution in [3.05, 3.63) is 101 Å². The molecule has 0 bridgehead atoms. The van der Waals surface area contributed by atoms with Gasteiger partial charge in [-0.1, -0.05) is 48.5 Å². The van der Waals surface area contributed by atoms with Crippen molar-refractivity contribution in [3.8, 4) is 11.1 Å². The van der Waals surface area contributed by atoms with Crippen molar-refractivity contribution >= 4 is 27.9 Å². The van der Waals surface area contributed by atoms with Crippen LogP contribution in [0.1, 0.15) is 20.9 Å². The third kappa shape index (κ3) is 2.96. The number of benzene rings is 2. The van der Waals surface area contributed by atoms with Crippen LogP contribution in [0.2, 0.25) is 0 Å². The first-order valence-electron chi connectivity index (χ1n) is 9.03. The van der Waals surface area contributed by atoms with E-state index in [0.29, 0.717) is 12.1 Å². The summed E-state index contributed by atoms with van der Waals surface area (Å²) in [7, 11) is 0. The van der Waals surface area contributed by atoms with Crippen molar-refractivity contribution in [2.75, 3.05) is 0 Å². The van der Waals surface area contributed by atoms with Gasteiger partial charge < -0.3 is 9.55 Å². The number of fused-ring (bicyclic) bond motifs is 1. The summed E-state index contributed by atoms with van der Waals surface area (Å²) in [5.41, 5.74) is 3.66. The highest BCUT2D eigenvalue weighted by molar-refractivity contribution is 7.12. The van der Waals surface area contributed by atoms with Gasteiger partial charge in [0.15, 0.2) is 0 Å². The highest BCUT2D eigenvalue weighted by Gasteiger charge is 2.20. The Bertz CT molecular complexity index is 1250. The summed E-state index contributed by atoms with van der Waals surface area (Å²) in [6.45, 7) is 0.610. The van der Waals surface area contributed by atoms with Gasteiger partial charge in [0.05, 0.1) is 23.4 Å². The summed E-state index contributed by atoms with van der Waals surface area (Å²) < 4.78 is 2.04. The Morgan fingerprint density at radius 1 is 1.00 bits per heavy atom. The van der Waals surface area contributed by atoms with Crippen LogP contribution in [0.4, 0.5) is 0 Å². The van der Waals surface area contributed by atoms with Gasteiger partial charge >= 0.3 is 0 Å². The van der Waals surface area contributed by atoms with E-state index in [4.69, 9.17) is 0 Å². The summed E-state index contributed by atoms with van der Waals surface area (Å²) in [6, 6.07) is 18.3. The predicted molar refractivity (Wildman–Crippen MR) is 113 cm³/mol. The lowest BCUT2D eigenvalue weighted by Gasteiger charge is -2.07. The molecule has 136 valence electrons. The molecular weight excluding hydrogens is 366 g/mol. The Morgan fingerprint density at radius 3 is 2.71 bits per heavy atom. The van der Waals surface area contributed by atoms with E-state index in [1.54, 1.807) is 6.33 Å². The molecule has 0 radical (unpaired) electrons.